The zero-order chi connectivity index (χ0) is 20.1. The molecule has 0 saturated carbocycles. The number of benzene rings is 1. The standard InChI is InChI=1S/C19H19FN6O2/c1-3-12(2)22-19-24-16(13-6-8-21-9-7-13)11-18(25-19)23-14-4-5-15(20)17(10-14)26(27)28/h4-12H,3H2,1-2H3,(H2,22,23,24,25)/t12-/m0/s1. The predicted octanol–water partition coefficient (Wildman–Crippen LogP) is 4.54. The van der Waals surface area contributed by atoms with Gasteiger partial charge in [0.05, 0.1) is 10.6 Å². The zero-order valence-corrected chi connectivity index (χ0v) is 15.4. The van der Waals surface area contributed by atoms with Gasteiger partial charge in [0, 0.05) is 41.8 Å². The van der Waals surface area contributed by atoms with Gasteiger partial charge in [0.2, 0.25) is 11.8 Å². The first-order valence-electron chi connectivity index (χ1n) is 8.73. The molecule has 2 aromatic heterocycles. The fourth-order valence-electron chi connectivity index (χ4n) is 2.45. The fraction of sp³-hybridized carbons (Fsp3) is 0.211. The number of rotatable bonds is 7. The van der Waals surface area contributed by atoms with E-state index in [-0.39, 0.29) is 6.04 Å². The number of aromatic nitrogens is 3. The number of nitrogens with one attached hydrogen (secondary N) is 2. The van der Waals surface area contributed by atoms with Crippen LogP contribution in [-0.2, 0) is 0 Å². The summed E-state index contributed by atoms with van der Waals surface area (Å²) in [5, 5.41) is 17.2. The van der Waals surface area contributed by atoms with Crippen LogP contribution in [-0.4, -0.2) is 25.9 Å². The molecule has 0 saturated heterocycles. The molecule has 2 N–H and O–H groups in total. The molecular weight excluding hydrogens is 363 g/mol. The van der Waals surface area contributed by atoms with Crippen molar-refractivity contribution in [1.29, 1.82) is 0 Å². The van der Waals surface area contributed by atoms with Crippen LogP contribution in [0, 0.1) is 15.9 Å². The monoisotopic (exact) mass is 382 g/mol. The third-order valence-electron chi connectivity index (χ3n) is 4.11. The van der Waals surface area contributed by atoms with Crippen molar-refractivity contribution < 1.29 is 9.31 Å². The largest absolute Gasteiger partial charge is 0.352 e. The number of nitro groups is 1. The summed E-state index contributed by atoms with van der Waals surface area (Å²) in [4.78, 5) is 23.2. The number of anilines is 3. The summed E-state index contributed by atoms with van der Waals surface area (Å²) in [5.74, 6) is -0.0499. The van der Waals surface area contributed by atoms with Gasteiger partial charge in [0.25, 0.3) is 0 Å². The van der Waals surface area contributed by atoms with Gasteiger partial charge < -0.3 is 10.6 Å². The van der Waals surface area contributed by atoms with E-state index in [4.69, 9.17) is 0 Å². The molecule has 144 valence electrons. The summed E-state index contributed by atoms with van der Waals surface area (Å²) in [6, 6.07) is 9.11. The molecule has 0 aliphatic rings. The third-order valence-corrected chi connectivity index (χ3v) is 4.11. The van der Waals surface area contributed by atoms with E-state index in [1.165, 1.54) is 6.07 Å². The second-order valence-electron chi connectivity index (χ2n) is 6.20. The lowest BCUT2D eigenvalue weighted by Crippen LogP contribution is -2.16. The molecule has 1 aromatic carbocycles. The summed E-state index contributed by atoms with van der Waals surface area (Å²) >= 11 is 0. The van der Waals surface area contributed by atoms with E-state index in [1.54, 1.807) is 18.5 Å². The zero-order valence-electron chi connectivity index (χ0n) is 15.4. The number of nitrogens with zero attached hydrogens (tertiary/aromatic N) is 4. The highest BCUT2D eigenvalue weighted by Gasteiger charge is 2.15. The molecule has 3 rings (SSSR count). The first kappa shape index (κ1) is 19.2. The van der Waals surface area contributed by atoms with Gasteiger partial charge in [-0.1, -0.05) is 6.92 Å². The Morgan fingerprint density at radius 2 is 1.93 bits per heavy atom. The lowest BCUT2D eigenvalue weighted by atomic mass is 10.2. The molecule has 0 aliphatic carbocycles. The molecule has 0 radical (unpaired) electrons. The molecule has 0 amide bonds. The molecule has 1 atom stereocenters. The van der Waals surface area contributed by atoms with Gasteiger partial charge in [0.15, 0.2) is 0 Å². The van der Waals surface area contributed by atoms with E-state index in [1.807, 2.05) is 26.0 Å². The third kappa shape index (κ3) is 4.56. The lowest BCUT2D eigenvalue weighted by molar-refractivity contribution is -0.387. The molecule has 0 unspecified atom stereocenters. The number of hydrogen-bond donors (Lipinski definition) is 2. The van der Waals surface area contributed by atoms with Gasteiger partial charge in [-0.3, -0.25) is 15.1 Å². The highest BCUT2D eigenvalue weighted by atomic mass is 19.1. The Balaban J connectivity index is 1.98. The van der Waals surface area contributed by atoms with E-state index in [2.05, 4.69) is 25.6 Å². The number of pyridine rings is 1. The summed E-state index contributed by atoms with van der Waals surface area (Å²) in [6.45, 7) is 4.06. The van der Waals surface area contributed by atoms with Crippen LogP contribution in [0.1, 0.15) is 20.3 Å². The molecule has 2 heterocycles. The van der Waals surface area contributed by atoms with Gasteiger partial charge in [-0.25, -0.2) is 4.98 Å². The topological polar surface area (TPSA) is 106 Å². The van der Waals surface area contributed by atoms with Crippen LogP contribution >= 0.6 is 0 Å². The van der Waals surface area contributed by atoms with Gasteiger partial charge in [-0.05, 0) is 37.6 Å². The SMILES string of the molecule is CC[C@H](C)Nc1nc(Nc2ccc(F)c([N+](=O)[O-])c2)cc(-c2ccncc2)n1. The molecule has 0 spiro atoms. The van der Waals surface area contributed by atoms with Crippen LogP contribution < -0.4 is 10.6 Å². The first-order chi connectivity index (χ1) is 13.5. The highest BCUT2D eigenvalue weighted by Crippen LogP contribution is 2.26. The van der Waals surface area contributed by atoms with Crippen molar-refractivity contribution in [1.82, 2.24) is 15.0 Å². The minimum absolute atomic E-state index is 0.160. The molecule has 0 fully saturated rings. The second-order valence-corrected chi connectivity index (χ2v) is 6.20. The Labute approximate surface area is 161 Å². The maximum atomic E-state index is 13.6. The molecular formula is C19H19FN6O2. The van der Waals surface area contributed by atoms with Crippen molar-refractivity contribution >= 4 is 23.1 Å². The molecule has 0 aliphatic heterocycles. The summed E-state index contributed by atoms with van der Waals surface area (Å²) in [5.41, 5.74) is 1.24. The lowest BCUT2D eigenvalue weighted by Gasteiger charge is -2.14. The first-order valence-corrected chi connectivity index (χ1v) is 8.73. The van der Waals surface area contributed by atoms with E-state index in [0.29, 0.717) is 23.1 Å². The van der Waals surface area contributed by atoms with E-state index < -0.39 is 16.4 Å². The maximum Gasteiger partial charge on any atom is 0.306 e. The average molecular weight is 382 g/mol. The van der Waals surface area contributed by atoms with Gasteiger partial charge in [-0.15, -0.1) is 0 Å². The van der Waals surface area contributed by atoms with Crippen molar-refractivity contribution in [3.8, 4) is 11.3 Å². The number of hydrogen-bond acceptors (Lipinski definition) is 7. The molecule has 28 heavy (non-hydrogen) atoms. The van der Waals surface area contributed by atoms with Crippen LogP contribution in [0.2, 0.25) is 0 Å². The van der Waals surface area contributed by atoms with Crippen molar-refractivity contribution in [3.63, 3.8) is 0 Å². The number of nitro benzene ring substituents is 1. The van der Waals surface area contributed by atoms with E-state index in [0.717, 1.165) is 24.1 Å². The van der Waals surface area contributed by atoms with E-state index >= 15 is 0 Å². The normalized spacial score (nSPS) is 11.7. The van der Waals surface area contributed by atoms with Crippen LogP contribution in [0.25, 0.3) is 11.3 Å². The predicted molar refractivity (Wildman–Crippen MR) is 105 cm³/mol. The Hall–Kier alpha value is -3.62. The summed E-state index contributed by atoms with van der Waals surface area (Å²) in [7, 11) is 0. The Bertz CT molecular complexity index is 983. The van der Waals surface area contributed by atoms with Gasteiger partial charge in [-0.2, -0.15) is 9.37 Å². The average Bonchev–Trinajstić information content (AvgIpc) is 2.69. The molecule has 0 bridgehead atoms. The molecule has 3 aromatic rings. The number of halogens is 1. The second kappa shape index (κ2) is 8.38. The van der Waals surface area contributed by atoms with Gasteiger partial charge >= 0.3 is 5.69 Å². The summed E-state index contributed by atoms with van der Waals surface area (Å²) in [6.07, 6.45) is 4.21. The summed E-state index contributed by atoms with van der Waals surface area (Å²) < 4.78 is 13.6. The van der Waals surface area contributed by atoms with E-state index in [9.17, 15) is 14.5 Å². The Kier molecular flexibility index (Phi) is 5.73. The van der Waals surface area contributed by atoms with Crippen LogP contribution in [0.5, 0.6) is 0 Å². The van der Waals surface area contributed by atoms with Gasteiger partial charge in [0.1, 0.15) is 5.82 Å². The minimum atomic E-state index is -0.894. The Morgan fingerprint density at radius 3 is 2.61 bits per heavy atom. The maximum absolute atomic E-state index is 13.6. The minimum Gasteiger partial charge on any atom is -0.352 e. The van der Waals surface area contributed by atoms with Crippen molar-refractivity contribution in [2.24, 2.45) is 0 Å². The fourth-order valence-corrected chi connectivity index (χ4v) is 2.45. The van der Waals surface area contributed by atoms with Crippen LogP contribution in [0.4, 0.5) is 27.5 Å². The Morgan fingerprint density at radius 1 is 1.18 bits per heavy atom. The smallest absolute Gasteiger partial charge is 0.306 e. The molecule has 9 heteroatoms. The van der Waals surface area contributed by atoms with Crippen molar-refractivity contribution in [3.05, 3.63) is 64.7 Å². The molecule has 8 nitrogen and oxygen atoms in total. The quantitative estimate of drug-likeness (QED) is 0.456. The highest BCUT2D eigenvalue weighted by molar-refractivity contribution is 5.68. The van der Waals surface area contributed by atoms with Crippen LogP contribution in [0.15, 0.2) is 48.8 Å². The van der Waals surface area contributed by atoms with Crippen molar-refractivity contribution in [2.75, 3.05) is 10.6 Å². The van der Waals surface area contributed by atoms with Crippen molar-refractivity contribution in [2.45, 2.75) is 26.3 Å². The van der Waals surface area contributed by atoms with Crippen LogP contribution in [0.3, 0.4) is 0 Å².